The molecule has 0 aromatic rings. The van der Waals surface area contributed by atoms with Gasteiger partial charge in [0, 0.05) is 12.8 Å². The zero-order valence-corrected chi connectivity index (χ0v) is 45.7. The molecule has 0 bridgehead atoms. The first kappa shape index (κ1) is 65.9. The fourth-order valence-electron chi connectivity index (χ4n) is 9.94. The Balaban J connectivity index is 3.42. The van der Waals surface area contributed by atoms with Crippen LogP contribution in [0.15, 0.2) is 0 Å². The van der Waals surface area contributed by atoms with E-state index in [2.05, 4.69) is 19.2 Å². The summed E-state index contributed by atoms with van der Waals surface area (Å²) < 4.78 is 5.46. The second kappa shape index (κ2) is 57.4. The Morgan fingerprint density at radius 1 is 0.358 bits per heavy atom. The first-order chi connectivity index (χ1) is 33.0. The molecule has 0 aliphatic heterocycles. The van der Waals surface area contributed by atoms with Gasteiger partial charge in [-0.15, -0.1) is 0 Å². The van der Waals surface area contributed by atoms with Gasteiger partial charge in [-0.05, 0) is 25.7 Å². The van der Waals surface area contributed by atoms with Crippen LogP contribution >= 0.6 is 0 Å². The molecule has 6 heteroatoms. The second-order valence-corrected chi connectivity index (χ2v) is 21.4. The predicted octanol–water partition coefficient (Wildman–Crippen LogP) is 19.1. The molecule has 0 spiro atoms. The summed E-state index contributed by atoms with van der Waals surface area (Å²) in [5.74, 6) is -0.0367. The summed E-state index contributed by atoms with van der Waals surface area (Å²) in [6, 6.07) is -0.547. The quantitative estimate of drug-likeness (QED) is 0.0417. The highest BCUT2D eigenvalue weighted by Crippen LogP contribution is 2.18. The van der Waals surface area contributed by atoms with E-state index in [-0.39, 0.29) is 18.5 Å². The van der Waals surface area contributed by atoms with Crippen molar-refractivity contribution in [2.24, 2.45) is 0 Å². The molecule has 1 amide bonds. The van der Waals surface area contributed by atoms with E-state index in [0.29, 0.717) is 25.9 Å². The van der Waals surface area contributed by atoms with E-state index < -0.39 is 12.1 Å². The smallest absolute Gasteiger partial charge is 0.305 e. The van der Waals surface area contributed by atoms with Crippen molar-refractivity contribution in [2.75, 3.05) is 13.2 Å². The number of amides is 1. The molecule has 2 unspecified atom stereocenters. The molecule has 0 rings (SSSR count). The van der Waals surface area contributed by atoms with E-state index in [9.17, 15) is 19.8 Å². The van der Waals surface area contributed by atoms with Crippen molar-refractivity contribution in [3.8, 4) is 0 Å². The van der Waals surface area contributed by atoms with Gasteiger partial charge in [-0.25, -0.2) is 0 Å². The first-order valence-corrected chi connectivity index (χ1v) is 30.8. The molecule has 67 heavy (non-hydrogen) atoms. The Morgan fingerprint density at radius 2 is 0.612 bits per heavy atom. The molecule has 6 nitrogen and oxygen atoms in total. The van der Waals surface area contributed by atoms with Crippen molar-refractivity contribution >= 4 is 11.9 Å². The highest BCUT2D eigenvalue weighted by atomic mass is 16.5. The van der Waals surface area contributed by atoms with E-state index in [1.807, 2.05) is 0 Å². The number of rotatable bonds is 58. The predicted molar refractivity (Wildman–Crippen MR) is 292 cm³/mol. The van der Waals surface area contributed by atoms with Crippen LogP contribution in [-0.4, -0.2) is 47.4 Å². The van der Waals surface area contributed by atoms with Crippen molar-refractivity contribution < 1.29 is 24.5 Å². The molecule has 0 aromatic heterocycles. The van der Waals surface area contributed by atoms with Gasteiger partial charge < -0.3 is 20.3 Å². The van der Waals surface area contributed by atoms with E-state index >= 15 is 0 Å². The maximum absolute atomic E-state index is 12.5. The summed E-state index contributed by atoms with van der Waals surface area (Å²) in [6.45, 7) is 4.96. The molecule has 0 aliphatic rings. The van der Waals surface area contributed by atoms with Crippen LogP contribution in [0, 0.1) is 0 Å². The number of ether oxygens (including phenoxy) is 1. The lowest BCUT2D eigenvalue weighted by Crippen LogP contribution is -2.45. The summed E-state index contributed by atoms with van der Waals surface area (Å²) in [5.41, 5.74) is 0. The fourth-order valence-corrected chi connectivity index (χ4v) is 9.94. The third kappa shape index (κ3) is 54.0. The summed E-state index contributed by atoms with van der Waals surface area (Å²) in [6.07, 6.45) is 66.8. The zero-order valence-electron chi connectivity index (χ0n) is 45.7. The average molecular weight is 949 g/mol. The molecule has 0 heterocycles. The maximum Gasteiger partial charge on any atom is 0.305 e. The number of esters is 1. The topological polar surface area (TPSA) is 95.9 Å². The van der Waals surface area contributed by atoms with Crippen LogP contribution in [-0.2, 0) is 14.3 Å². The molecular weight excluding hydrogens is 827 g/mol. The second-order valence-electron chi connectivity index (χ2n) is 21.4. The summed E-state index contributed by atoms with van der Waals surface area (Å²) in [5, 5.41) is 23.4. The Bertz CT molecular complexity index is 959. The molecule has 400 valence electrons. The van der Waals surface area contributed by atoms with Crippen LogP contribution in [0.25, 0.3) is 0 Å². The number of carbonyl (C=O) groups is 2. The molecule has 0 saturated carbocycles. The fraction of sp³-hybridized carbons (Fsp3) is 0.967. The molecule has 0 aromatic carbocycles. The third-order valence-corrected chi connectivity index (χ3v) is 14.7. The normalized spacial score (nSPS) is 12.5. The lowest BCUT2D eigenvalue weighted by atomic mass is 10.0. The van der Waals surface area contributed by atoms with Crippen LogP contribution in [0.4, 0.5) is 0 Å². The van der Waals surface area contributed by atoms with Gasteiger partial charge in [0.1, 0.15) is 0 Å². The lowest BCUT2D eigenvalue weighted by Gasteiger charge is -2.22. The Kier molecular flexibility index (Phi) is 56.5. The van der Waals surface area contributed by atoms with Crippen molar-refractivity contribution in [3.05, 3.63) is 0 Å². The Hall–Kier alpha value is -1.14. The highest BCUT2D eigenvalue weighted by molar-refractivity contribution is 5.76. The van der Waals surface area contributed by atoms with E-state index in [1.165, 1.54) is 276 Å². The number of hydrogen-bond donors (Lipinski definition) is 3. The highest BCUT2D eigenvalue weighted by Gasteiger charge is 2.20. The van der Waals surface area contributed by atoms with Gasteiger partial charge in [0.25, 0.3) is 0 Å². The monoisotopic (exact) mass is 948 g/mol. The zero-order chi connectivity index (χ0) is 48.6. The number of unbranched alkanes of at least 4 members (excludes halogenated alkanes) is 47. The SMILES string of the molecule is CCCCCCCCCCCCCCCCCCCCCCCCCCC(O)C(CO)NC(=O)CCCCCCCCCCCCCCCCCOC(=O)CCCCCCCCCCCCC. The van der Waals surface area contributed by atoms with Crippen LogP contribution in [0.5, 0.6) is 0 Å². The van der Waals surface area contributed by atoms with Crippen LogP contribution in [0.2, 0.25) is 0 Å². The van der Waals surface area contributed by atoms with Crippen molar-refractivity contribution in [3.63, 3.8) is 0 Å². The number of aliphatic hydroxyl groups is 2. The number of nitrogens with one attached hydrogen (secondary N) is 1. The molecule has 0 aliphatic carbocycles. The average Bonchev–Trinajstić information content (AvgIpc) is 3.33. The maximum atomic E-state index is 12.5. The minimum absolute atomic E-state index is 0.00185. The molecule has 3 N–H and O–H groups in total. The van der Waals surface area contributed by atoms with Crippen molar-refractivity contribution in [2.45, 2.75) is 366 Å². The van der Waals surface area contributed by atoms with Gasteiger partial charge >= 0.3 is 5.97 Å². The Morgan fingerprint density at radius 3 is 0.910 bits per heavy atom. The van der Waals surface area contributed by atoms with Crippen LogP contribution in [0.1, 0.15) is 354 Å². The van der Waals surface area contributed by atoms with Crippen molar-refractivity contribution in [1.29, 1.82) is 0 Å². The number of carbonyl (C=O) groups excluding carboxylic acids is 2. The molecule has 2 atom stereocenters. The standard InChI is InChI=1S/C61H121NO5/c1-3-5-7-9-11-13-15-16-17-18-19-20-21-22-23-24-25-27-30-34-37-41-45-49-53-59(64)58(57-63)62-60(65)54-50-46-42-38-35-31-28-26-29-32-36-40-44-48-52-56-67-61(66)55-51-47-43-39-33-14-12-10-8-6-4-2/h58-59,63-64H,3-57H2,1-2H3,(H,62,65). The lowest BCUT2D eigenvalue weighted by molar-refractivity contribution is -0.143. The van der Waals surface area contributed by atoms with E-state index in [1.54, 1.807) is 0 Å². The van der Waals surface area contributed by atoms with Crippen LogP contribution in [0.3, 0.4) is 0 Å². The van der Waals surface area contributed by atoms with Gasteiger partial charge in [0.15, 0.2) is 0 Å². The number of aliphatic hydroxyl groups excluding tert-OH is 2. The Labute approximate surface area is 419 Å². The summed E-state index contributed by atoms with van der Waals surface area (Å²) >= 11 is 0. The van der Waals surface area contributed by atoms with Crippen molar-refractivity contribution in [1.82, 2.24) is 5.32 Å². The minimum Gasteiger partial charge on any atom is -0.466 e. The van der Waals surface area contributed by atoms with Gasteiger partial charge in [-0.2, -0.15) is 0 Å². The van der Waals surface area contributed by atoms with Gasteiger partial charge in [0.2, 0.25) is 5.91 Å². The van der Waals surface area contributed by atoms with Crippen LogP contribution < -0.4 is 5.32 Å². The van der Waals surface area contributed by atoms with Gasteiger partial charge in [-0.3, -0.25) is 9.59 Å². The molecule has 0 saturated heterocycles. The summed E-state index contributed by atoms with van der Waals surface area (Å²) in [4.78, 5) is 24.5. The number of hydrogen-bond acceptors (Lipinski definition) is 5. The van der Waals surface area contributed by atoms with Gasteiger partial charge in [0.05, 0.1) is 25.4 Å². The molecular formula is C61H121NO5. The first-order valence-electron chi connectivity index (χ1n) is 30.8. The third-order valence-electron chi connectivity index (χ3n) is 14.7. The molecule has 0 radical (unpaired) electrons. The van der Waals surface area contributed by atoms with Gasteiger partial charge in [-0.1, -0.05) is 316 Å². The molecule has 0 fully saturated rings. The minimum atomic E-state index is -0.670. The largest absolute Gasteiger partial charge is 0.466 e. The summed E-state index contributed by atoms with van der Waals surface area (Å²) in [7, 11) is 0. The van der Waals surface area contributed by atoms with E-state index in [0.717, 1.165) is 44.9 Å². The van der Waals surface area contributed by atoms with E-state index in [4.69, 9.17) is 4.74 Å².